The van der Waals surface area contributed by atoms with Gasteiger partial charge in [0.15, 0.2) is 11.5 Å². The molecule has 3 aromatic rings. The van der Waals surface area contributed by atoms with Gasteiger partial charge in [0.25, 0.3) is 5.91 Å². The number of carbonyl (C=O) groups excluding carboxylic acids is 2. The summed E-state index contributed by atoms with van der Waals surface area (Å²) in [5, 5.41) is 2.91. The predicted molar refractivity (Wildman–Crippen MR) is 138 cm³/mol. The molecule has 37 heavy (non-hydrogen) atoms. The Bertz CT molecular complexity index is 1260. The summed E-state index contributed by atoms with van der Waals surface area (Å²) in [5.41, 5.74) is 2.72. The average molecular weight is 507 g/mol. The van der Waals surface area contributed by atoms with Crippen molar-refractivity contribution in [1.29, 1.82) is 0 Å². The molecule has 0 aromatic heterocycles. The van der Waals surface area contributed by atoms with E-state index in [1.54, 1.807) is 41.3 Å². The molecule has 1 N–H and O–H groups in total. The quantitative estimate of drug-likeness (QED) is 0.434. The van der Waals surface area contributed by atoms with Crippen molar-refractivity contribution in [3.63, 3.8) is 0 Å². The van der Waals surface area contributed by atoms with Crippen LogP contribution in [0.1, 0.15) is 33.9 Å². The van der Waals surface area contributed by atoms with Crippen molar-refractivity contribution < 1.29 is 33.3 Å². The Morgan fingerprint density at radius 2 is 1.49 bits per heavy atom. The summed E-state index contributed by atoms with van der Waals surface area (Å²) in [7, 11) is 7.65. The highest BCUT2D eigenvalue weighted by molar-refractivity contribution is 5.99. The summed E-state index contributed by atoms with van der Waals surface area (Å²) in [6.45, 7) is 0.372. The number of fused-ring (bicyclic) bond motifs is 1. The average Bonchev–Trinajstić information content (AvgIpc) is 3.26. The van der Waals surface area contributed by atoms with Gasteiger partial charge in [-0.15, -0.1) is 0 Å². The van der Waals surface area contributed by atoms with Crippen molar-refractivity contribution in [1.82, 2.24) is 4.90 Å². The molecule has 1 heterocycles. The zero-order valence-electron chi connectivity index (χ0n) is 21.5. The van der Waals surface area contributed by atoms with Crippen molar-refractivity contribution in [2.75, 3.05) is 40.9 Å². The SMILES string of the molecule is COc1cc(NC(=O)C[C@@H](c2cc(OC)c(OC)c(OC)c2)N2Cc3ccccc3C2=O)cc(OC)c1. The lowest BCUT2D eigenvalue weighted by Gasteiger charge is -2.29. The van der Waals surface area contributed by atoms with Gasteiger partial charge >= 0.3 is 0 Å². The topological polar surface area (TPSA) is 95.6 Å². The molecule has 9 nitrogen and oxygen atoms in total. The maximum Gasteiger partial charge on any atom is 0.255 e. The second-order valence-corrected chi connectivity index (χ2v) is 8.42. The van der Waals surface area contributed by atoms with Crippen molar-refractivity contribution in [2.45, 2.75) is 19.0 Å². The number of rotatable bonds is 10. The highest BCUT2D eigenvalue weighted by atomic mass is 16.5. The van der Waals surface area contributed by atoms with Crippen molar-refractivity contribution in [2.24, 2.45) is 0 Å². The van der Waals surface area contributed by atoms with Crippen molar-refractivity contribution >= 4 is 17.5 Å². The van der Waals surface area contributed by atoms with Gasteiger partial charge in [0.1, 0.15) is 11.5 Å². The van der Waals surface area contributed by atoms with E-state index in [1.165, 1.54) is 35.5 Å². The number of nitrogens with zero attached hydrogens (tertiary/aromatic N) is 1. The van der Waals surface area contributed by atoms with E-state index in [-0.39, 0.29) is 18.2 Å². The first-order chi connectivity index (χ1) is 17.9. The van der Waals surface area contributed by atoms with Crippen molar-refractivity contribution in [3.05, 3.63) is 71.3 Å². The molecule has 0 spiro atoms. The van der Waals surface area contributed by atoms with Crippen LogP contribution in [0.25, 0.3) is 0 Å². The van der Waals surface area contributed by atoms with E-state index in [4.69, 9.17) is 23.7 Å². The van der Waals surface area contributed by atoms with Crippen LogP contribution >= 0.6 is 0 Å². The van der Waals surface area contributed by atoms with Gasteiger partial charge in [0.2, 0.25) is 11.7 Å². The number of ether oxygens (including phenoxy) is 5. The van der Waals surface area contributed by atoms with Crippen LogP contribution in [0, 0.1) is 0 Å². The highest BCUT2D eigenvalue weighted by Gasteiger charge is 2.35. The molecule has 4 rings (SSSR count). The molecule has 3 aromatic carbocycles. The Morgan fingerprint density at radius 3 is 2.03 bits per heavy atom. The third-order valence-corrected chi connectivity index (χ3v) is 6.31. The fourth-order valence-electron chi connectivity index (χ4n) is 4.50. The summed E-state index contributed by atoms with van der Waals surface area (Å²) in [6.07, 6.45) is -0.0160. The molecule has 0 saturated carbocycles. The zero-order chi connectivity index (χ0) is 26.5. The number of benzene rings is 3. The zero-order valence-corrected chi connectivity index (χ0v) is 21.5. The van der Waals surface area contributed by atoms with Gasteiger partial charge < -0.3 is 33.9 Å². The van der Waals surface area contributed by atoms with Crippen LogP contribution in [-0.4, -0.2) is 52.3 Å². The van der Waals surface area contributed by atoms with E-state index in [2.05, 4.69) is 5.32 Å². The molecule has 1 aliphatic rings. The van der Waals surface area contributed by atoms with Crippen LogP contribution in [0.3, 0.4) is 0 Å². The van der Waals surface area contributed by atoms with E-state index in [0.717, 1.165) is 5.56 Å². The number of hydrogen-bond acceptors (Lipinski definition) is 7. The number of nitrogens with one attached hydrogen (secondary N) is 1. The molecule has 9 heteroatoms. The van der Waals surface area contributed by atoms with Crippen molar-refractivity contribution in [3.8, 4) is 28.7 Å². The molecule has 1 atom stereocenters. The Labute approximate surface area is 215 Å². The van der Waals surface area contributed by atoms with Gasteiger partial charge in [-0.2, -0.15) is 0 Å². The maximum atomic E-state index is 13.4. The number of methoxy groups -OCH3 is 5. The first-order valence-electron chi connectivity index (χ1n) is 11.6. The molecule has 0 aliphatic carbocycles. The third-order valence-electron chi connectivity index (χ3n) is 6.31. The van der Waals surface area contributed by atoms with Crippen LogP contribution in [-0.2, 0) is 11.3 Å². The standard InChI is InChI=1S/C28H30N2O7/c1-33-20-12-19(13-21(14-20)34-2)29-26(31)15-23(30-16-17-8-6-7-9-22(17)28(30)32)18-10-24(35-3)27(37-5)25(11-18)36-4/h6-14,23H,15-16H2,1-5H3,(H,29,31)/t23-/m0/s1. The molecular weight excluding hydrogens is 476 g/mol. The Balaban J connectivity index is 1.71. The minimum atomic E-state index is -0.610. The van der Waals surface area contributed by atoms with E-state index < -0.39 is 6.04 Å². The molecule has 0 fully saturated rings. The van der Waals surface area contributed by atoms with Crippen LogP contribution in [0.5, 0.6) is 28.7 Å². The second-order valence-electron chi connectivity index (χ2n) is 8.42. The number of amides is 2. The van der Waals surface area contributed by atoms with Crippen LogP contribution < -0.4 is 29.0 Å². The molecular formula is C28H30N2O7. The molecule has 1 aliphatic heterocycles. The molecule has 0 saturated heterocycles. The monoisotopic (exact) mass is 506 g/mol. The van der Waals surface area contributed by atoms with E-state index >= 15 is 0 Å². The summed E-state index contributed by atoms with van der Waals surface area (Å²) in [5.74, 6) is 1.94. The van der Waals surface area contributed by atoms with Gasteiger partial charge in [0, 0.05) is 36.0 Å². The minimum Gasteiger partial charge on any atom is -0.497 e. The number of anilines is 1. The number of hydrogen-bond donors (Lipinski definition) is 1. The summed E-state index contributed by atoms with van der Waals surface area (Å²) in [4.78, 5) is 28.5. The first kappa shape index (κ1) is 25.7. The van der Waals surface area contributed by atoms with Gasteiger partial charge in [-0.1, -0.05) is 18.2 Å². The fraction of sp³-hybridized carbons (Fsp3) is 0.286. The molecule has 0 bridgehead atoms. The normalized spacial score (nSPS) is 13.0. The van der Waals surface area contributed by atoms with Gasteiger partial charge in [-0.05, 0) is 29.3 Å². The molecule has 0 radical (unpaired) electrons. The summed E-state index contributed by atoms with van der Waals surface area (Å²) < 4.78 is 27.2. The molecule has 2 amide bonds. The van der Waals surface area contributed by atoms with Crippen LogP contribution in [0.2, 0.25) is 0 Å². The third kappa shape index (κ3) is 5.25. The maximum absolute atomic E-state index is 13.4. The van der Waals surface area contributed by atoms with Gasteiger partial charge in [-0.3, -0.25) is 9.59 Å². The highest BCUT2D eigenvalue weighted by Crippen LogP contribution is 2.43. The lowest BCUT2D eigenvalue weighted by molar-refractivity contribution is -0.117. The fourth-order valence-corrected chi connectivity index (χ4v) is 4.50. The summed E-state index contributed by atoms with van der Waals surface area (Å²) >= 11 is 0. The second kappa shape index (κ2) is 11.1. The Hall–Kier alpha value is -4.40. The van der Waals surface area contributed by atoms with E-state index in [9.17, 15) is 9.59 Å². The van der Waals surface area contributed by atoms with Crippen LogP contribution in [0.4, 0.5) is 5.69 Å². The lowest BCUT2D eigenvalue weighted by atomic mass is 10.00. The molecule has 194 valence electrons. The summed E-state index contributed by atoms with van der Waals surface area (Å²) in [6, 6.07) is 15.5. The predicted octanol–water partition coefficient (Wildman–Crippen LogP) is 4.46. The smallest absolute Gasteiger partial charge is 0.255 e. The van der Waals surface area contributed by atoms with Gasteiger partial charge in [0.05, 0.1) is 48.0 Å². The molecule has 0 unspecified atom stereocenters. The lowest BCUT2D eigenvalue weighted by Crippen LogP contribution is -2.32. The van der Waals surface area contributed by atoms with Gasteiger partial charge in [-0.25, -0.2) is 0 Å². The Morgan fingerprint density at radius 1 is 0.865 bits per heavy atom. The minimum absolute atomic E-state index is 0.0160. The Kier molecular flexibility index (Phi) is 7.71. The van der Waals surface area contributed by atoms with E-state index in [1.807, 2.05) is 18.2 Å². The van der Waals surface area contributed by atoms with E-state index in [0.29, 0.717) is 52.1 Å². The van der Waals surface area contributed by atoms with Crippen LogP contribution in [0.15, 0.2) is 54.6 Å². The first-order valence-corrected chi connectivity index (χ1v) is 11.6. The largest absolute Gasteiger partial charge is 0.497 e. The number of carbonyl (C=O) groups is 2.